The van der Waals surface area contributed by atoms with E-state index in [1.54, 1.807) is 32.1 Å². The summed E-state index contributed by atoms with van der Waals surface area (Å²) < 4.78 is 5.06. The fraction of sp³-hybridized carbons (Fsp3) is 0.471. The fourth-order valence-corrected chi connectivity index (χ4v) is 4.10. The number of nitrogens with one attached hydrogen (secondary N) is 2. The van der Waals surface area contributed by atoms with E-state index in [9.17, 15) is 9.59 Å². The zero-order valence-electron chi connectivity index (χ0n) is 14.1. The van der Waals surface area contributed by atoms with Crippen molar-refractivity contribution in [3.8, 4) is 0 Å². The Hall–Kier alpha value is -2.15. The predicted octanol–water partition coefficient (Wildman–Crippen LogP) is 3.40. The Bertz CT molecular complexity index is 768. The van der Waals surface area contributed by atoms with Crippen LogP contribution in [0, 0.1) is 13.8 Å². The summed E-state index contributed by atoms with van der Waals surface area (Å²) in [4.78, 5) is 33.4. The molecule has 6 nitrogen and oxygen atoms in total. The Labute approximate surface area is 144 Å². The number of nitrogens with zero attached hydrogens (tertiary/aromatic N) is 1. The van der Waals surface area contributed by atoms with E-state index in [1.807, 2.05) is 0 Å². The number of anilines is 1. The standard InChI is InChI=1S/C17H21N3O3S/c1-4-23-16(22)13-9(2)14(18-10(13)3)15(21)20-17-19-11-7-5-6-8-12(11)24-17/h18H,4-8H2,1-3H3,(H,19,20,21). The second-order valence-electron chi connectivity index (χ2n) is 5.90. The van der Waals surface area contributed by atoms with Crippen LogP contribution in [0.25, 0.3) is 0 Å². The maximum Gasteiger partial charge on any atom is 0.340 e. The minimum atomic E-state index is -0.410. The number of aromatic amines is 1. The number of rotatable bonds is 4. The number of aromatic nitrogens is 2. The molecule has 24 heavy (non-hydrogen) atoms. The van der Waals surface area contributed by atoms with Crippen molar-refractivity contribution in [2.24, 2.45) is 0 Å². The lowest BCUT2D eigenvalue weighted by Crippen LogP contribution is -2.14. The number of esters is 1. The number of hydrogen-bond donors (Lipinski definition) is 2. The summed E-state index contributed by atoms with van der Waals surface area (Å²) in [7, 11) is 0. The van der Waals surface area contributed by atoms with Gasteiger partial charge in [0.2, 0.25) is 0 Å². The van der Waals surface area contributed by atoms with Crippen molar-refractivity contribution in [1.82, 2.24) is 9.97 Å². The summed E-state index contributed by atoms with van der Waals surface area (Å²) >= 11 is 1.54. The molecule has 2 aromatic heterocycles. The number of H-pyrrole nitrogens is 1. The summed E-state index contributed by atoms with van der Waals surface area (Å²) in [6.45, 7) is 5.57. The van der Waals surface area contributed by atoms with Crippen LogP contribution >= 0.6 is 11.3 Å². The minimum absolute atomic E-state index is 0.280. The van der Waals surface area contributed by atoms with E-state index in [0.717, 1.165) is 25.0 Å². The van der Waals surface area contributed by atoms with E-state index in [-0.39, 0.29) is 5.91 Å². The molecule has 2 heterocycles. The lowest BCUT2D eigenvalue weighted by Gasteiger charge is -2.06. The molecule has 128 valence electrons. The molecule has 0 aliphatic heterocycles. The first kappa shape index (κ1) is 16.7. The lowest BCUT2D eigenvalue weighted by atomic mass is 10.0. The molecule has 0 atom stereocenters. The molecular formula is C17H21N3O3S. The van der Waals surface area contributed by atoms with E-state index in [4.69, 9.17) is 4.74 Å². The minimum Gasteiger partial charge on any atom is -0.462 e. The van der Waals surface area contributed by atoms with Gasteiger partial charge in [-0.1, -0.05) is 0 Å². The van der Waals surface area contributed by atoms with Gasteiger partial charge in [0.25, 0.3) is 5.91 Å². The highest BCUT2D eigenvalue weighted by Gasteiger charge is 2.24. The number of hydrogen-bond acceptors (Lipinski definition) is 5. The molecule has 0 bridgehead atoms. The predicted molar refractivity (Wildman–Crippen MR) is 92.9 cm³/mol. The lowest BCUT2D eigenvalue weighted by molar-refractivity contribution is 0.0525. The molecule has 0 aromatic carbocycles. The van der Waals surface area contributed by atoms with Crippen LogP contribution in [0.3, 0.4) is 0 Å². The normalized spacial score (nSPS) is 13.5. The summed E-state index contributed by atoms with van der Waals surface area (Å²) in [6.07, 6.45) is 4.36. The van der Waals surface area contributed by atoms with Gasteiger partial charge >= 0.3 is 5.97 Å². The number of ether oxygens (including phenoxy) is 1. The van der Waals surface area contributed by atoms with Crippen molar-refractivity contribution in [1.29, 1.82) is 0 Å². The van der Waals surface area contributed by atoms with Gasteiger partial charge in [-0.15, -0.1) is 11.3 Å². The Kier molecular flexibility index (Phi) is 4.71. The second-order valence-corrected chi connectivity index (χ2v) is 6.98. The van der Waals surface area contributed by atoms with Gasteiger partial charge in [-0.2, -0.15) is 0 Å². The third kappa shape index (κ3) is 3.08. The number of aryl methyl sites for hydroxylation is 3. The molecular weight excluding hydrogens is 326 g/mol. The number of thiazole rings is 1. The molecule has 1 aliphatic carbocycles. The largest absolute Gasteiger partial charge is 0.462 e. The average molecular weight is 347 g/mol. The first-order valence-electron chi connectivity index (χ1n) is 8.17. The molecule has 7 heteroatoms. The van der Waals surface area contributed by atoms with Crippen LogP contribution in [-0.2, 0) is 17.6 Å². The van der Waals surface area contributed by atoms with Crippen molar-refractivity contribution >= 4 is 28.3 Å². The molecule has 1 amide bonds. The Morgan fingerprint density at radius 2 is 2.04 bits per heavy atom. The summed E-state index contributed by atoms with van der Waals surface area (Å²) in [6, 6.07) is 0. The molecule has 2 N–H and O–H groups in total. The van der Waals surface area contributed by atoms with E-state index in [0.29, 0.717) is 34.3 Å². The Morgan fingerprint density at radius 3 is 2.75 bits per heavy atom. The smallest absolute Gasteiger partial charge is 0.340 e. The zero-order valence-corrected chi connectivity index (χ0v) is 14.9. The van der Waals surface area contributed by atoms with Crippen LogP contribution in [0.5, 0.6) is 0 Å². The molecule has 0 spiro atoms. The molecule has 1 aliphatic rings. The van der Waals surface area contributed by atoms with Gasteiger partial charge in [0, 0.05) is 10.6 Å². The fourth-order valence-electron chi connectivity index (χ4n) is 3.05. The van der Waals surface area contributed by atoms with E-state index in [1.165, 1.54) is 11.3 Å². The van der Waals surface area contributed by atoms with Crippen LogP contribution in [0.15, 0.2) is 0 Å². The van der Waals surface area contributed by atoms with E-state index >= 15 is 0 Å². The van der Waals surface area contributed by atoms with Crippen LogP contribution < -0.4 is 5.32 Å². The van der Waals surface area contributed by atoms with Gasteiger partial charge < -0.3 is 9.72 Å². The quantitative estimate of drug-likeness (QED) is 0.830. The summed E-state index contributed by atoms with van der Waals surface area (Å²) in [5, 5.41) is 3.47. The van der Waals surface area contributed by atoms with Crippen molar-refractivity contribution in [3.05, 3.63) is 33.1 Å². The number of carbonyl (C=O) groups is 2. The number of amides is 1. The SMILES string of the molecule is CCOC(=O)c1c(C)[nH]c(C(=O)Nc2nc3c(s2)CCCC3)c1C. The van der Waals surface area contributed by atoms with Gasteiger partial charge in [0.1, 0.15) is 5.69 Å². The van der Waals surface area contributed by atoms with Gasteiger partial charge in [0.05, 0.1) is 17.9 Å². The Balaban J connectivity index is 1.81. The Morgan fingerprint density at radius 1 is 1.29 bits per heavy atom. The summed E-state index contributed by atoms with van der Waals surface area (Å²) in [5.41, 5.74) is 3.15. The van der Waals surface area contributed by atoms with Crippen LogP contribution in [0.1, 0.15) is 62.4 Å². The van der Waals surface area contributed by atoms with Gasteiger partial charge in [-0.25, -0.2) is 9.78 Å². The number of fused-ring (bicyclic) bond motifs is 1. The zero-order chi connectivity index (χ0) is 17.3. The molecule has 0 fully saturated rings. The van der Waals surface area contributed by atoms with Crippen molar-refractivity contribution in [3.63, 3.8) is 0 Å². The highest BCUT2D eigenvalue weighted by atomic mass is 32.1. The maximum absolute atomic E-state index is 12.6. The van der Waals surface area contributed by atoms with Crippen LogP contribution in [0.2, 0.25) is 0 Å². The van der Waals surface area contributed by atoms with Gasteiger partial charge in [-0.05, 0) is 52.0 Å². The molecule has 2 aromatic rings. The maximum atomic E-state index is 12.6. The second kappa shape index (κ2) is 6.76. The number of carbonyl (C=O) groups excluding carboxylic acids is 2. The monoisotopic (exact) mass is 347 g/mol. The third-order valence-corrected chi connectivity index (χ3v) is 5.28. The molecule has 3 rings (SSSR count). The van der Waals surface area contributed by atoms with Gasteiger partial charge in [0.15, 0.2) is 5.13 Å². The molecule has 0 radical (unpaired) electrons. The average Bonchev–Trinajstić information content (AvgIpc) is 3.07. The topological polar surface area (TPSA) is 84.1 Å². The van der Waals surface area contributed by atoms with Crippen LogP contribution in [-0.4, -0.2) is 28.5 Å². The van der Waals surface area contributed by atoms with E-state index in [2.05, 4.69) is 15.3 Å². The third-order valence-electron chi connectivity index (χ3n) is 4.21. The summed E-state index contributed by atoms with van der Waals surface area (Å²) in [5.74, 6) is -0.690. The first-order chi connectivity index (χ1) is 11.5. The first-order valence-corrected chi connectivity index (χ1v) is 8.99. The van der Waals surface area contributed by atoms with E-state index < -0.39 is 5.97 Å². The molecule has 0 saturated heterocycles. The van der Waals surface area contributed by atoms with Crippen molar-refractivity contribution < 1.29 is 14.3 Å². The van der Waals surface area contributed by atoms with Crippen molar-refractivity contribution in [2.45, 2.75) is 46.5 Å². The molecule has 0 saturated carbocycles. The van der Waals surface area contributed by atoms with Crippen molar-refractivity contribution in [2.75, 3.05) is 11.9 Å². The highest BCUT2D eigenvalue weighted by molar-refractivity contribution is 7.15. The molecule has 0 unspecified atom stereocenters. The highest BCUT2D eigenvalue weighted by Crippen LogP contribution is 2.30. The van der Waals surface area contributed by atoms with Crippen LogP contribution in [0.4, 0.5) is 5.13 Å². The van der Waals surface area contributed by atoms with Gasteiger partial charge in [-0.3, -0.25) is 10.1 Å².